The topological polar surface area (TPSA) is 37.3 Å². The van der Waals surface area contributed by atoms with Crippen molar-refractivity contribution >= 4 is 21.5 Å². The van der Waals surface area contributed by atoms with Crippen LogP contribution in [0.25, 0.3) is 43.8 Å². The van der Waals surface area contributed by atoms with Crippen LogP contribution in [0.5, 0.6) is 5.75 Å². The van der Waals surface area contributed by atoms with Gasteiger partial charge in [0.1, 0.15) is 0 Å². The molecule has 0 heterocycles. The third-order valence-electron chi connectivity index (χ3n) is 5.36. The van der Waals surface area contributed by atoms with Crippen molar-refractivity contribution in [1.82, 2.24) is 0 Å². The summed E-state index contributed by atoms with van der Waals surface area (Å²) in [5, 5.41) is 14.1. The van der Waals surface area contributed by atoms with Crippen molar-refractivity contribution in [3.8, 4) is 28.0 Å². The Hall–Kier alpha value is -3.91. The summed E-state index contributed by atoms with van der Waals surface area (Å²) < 4.78 is 0. The molecule has 0 spiro atoms. The zero-order valence-corrected chi connectivity index (χ0v) is 15.7. The smallest absolute Gasteiger partial charge is 0.220 e. The van der Waals surface area contributed by atoms with Crippen molar-refractivity contribution < 1.29 is 5.11 Å². The van der Waals surface area contributed by atoms with E-state index < -0.39 is 0 Å². The van der Waals surface area contributed by atoms with Crippen molar-refractivity contribution in [3.05, 3.63) is 113 Å². The minimum absolute atomic E-state index is 0.247. The SMILES string of the molecule is O=c1cc2c(-c3ccccc3)c3ccccc3c(-c3ccccc3)c2ccc1O. The van der Waals surface area contributed by atoms with Gasteiger partial charge < -0.3 is 5.11 Å². The predicted octanol–water partition coefficient (Wildman–Crippen LogP) is 6.39. The van der Waals surface area contributed by atoms with Gasteiger partial charge in [-0.2, -0.15) is 0 Å². The molecule has 0 aliphatic heterocycles. The van der Waals surface area contributed by atoms with Crippen LogP contribution in [0.15, 0.2) is 108 Å². The summed E-state index contributed by atoms with van der Waals surface area (Å²) in [4.78, 5) is 12.6. The van der Waals surface area contributed by atoms with Crippen molar-refractivity contribution in [3.63, 3.8) is 0 Å². The van der Waals surface area contributed by atoms with Crippen LogP contribution in [0.1, 0.15) is 0 Å². The summed E-state index contributed by atoms with van der Waals surface area (Å²) in [6, 6.07) is 33.5. The fraction of sp³-hybridized carbons (Fsp3) is 0. The number of rotatable bonds is 2. The first-order valence-electron chi connectivity index (χ1n) is 9.56. The first kappa shape index (κ1) is 17.2. The largest absolute Gasteiger partial charge is 0.504 e. The Kier molecular flexibility index (Phi) is 4.10. The number of benzene rings is 4. The molecule has 0 saturated heterocycles. The molecule has 5 aromatic carbocycles. The lowest BCUT2D eigenvalue weighted by atomic mass is 9.87. The highest BCUT2D eigenvalue weighted by atomic mass is 16.3. The number of hydrogen-bond donors (Lipinski definition) is 1. The summed E-state index contributed by atoms with van der Waals surface area (Å²) in [6.07, 6.45) is 0. The second-order valence-electron chi connectivity index (χ2n) is 7.08. The highest BCUT2D eigenvalue weighted by Gasteiger charge is 2.16. The quantitative estimate of drug-likeness (QED) is 0.388. The maximum Gasteiger partial charge on any atom is 0.220 e. The van der Waals surface area contributed by atoms with Gasteiger partial charge in [0.2, 0.25) is 5.43 Å². The van der Waals surface area contributed by atoms with Crippen LogP contribution in [-0.2, 0) is 0 Å². The van der Waals surface area contributed by atoms with E-state index in [-0.39, 0.29) is 11.2 Å². The molecule has 29 heavy (non-hydrogen) atoms. The molecule has 0 fully saturated rings. The second-order valence-corrected chi connectivity index (χ2v) is 7.08. The van der Waals surface area contributed by atoms with Crippen LogP contribution in [0, 0.1) is 0 Å². The van der Waals surface area contributed by atoms with Crippen molar-refractivity contribution in [1.29, 1.82) is 0 Å². The maximum absolute atomic E-state index is 12.6. The van der Waals surface area contributed by atoms with E-state index >= 15 is 0 Å². The van der Waals surface area contributed by atoms with Gasteiger partial charge in [0.15, 0.2) is 5.75 Å². The Balaban J connectivity index is 2.10. The van der Waals surface area contributed by atoms with Gasteiger partial charge in [-0.3, -0.25) is 4.79 Å². The molecule has 0 atom stereocenters. The van der Waals surface area contributed by atoms with E-state index in [1.807, 2.05) is 54.6 Å². The lowest BCUT2D eigenvalue weighted by Gasteiger charge is -2.16. The van der Waals surface area contributed by atoms with E-state index in [0.29, 0.717) is 0 Å². The van der Waals surface area contributed by atoms with Crippen molar-refractivity contribution in [2.75, 3.05) is 0 Å². The zero-order chi connectivity index (χ0) is 19.8. The fourth-order valence-corrected chi connectivity index (χ4v) is 4.08. The second kappa shape index (κ2) is 6.92. The number of aromatic hydroxyl groups is 1. The average molecular weight is 374 g/mol. The van der Waals surface area contributed by atoms with Crippen molar-refractivity contribution in [2.45, 2.75) is 0 Å². The molecule has 138 valence electrons. The lowest BCUT2D eigenvalue weighted by molar-refractivity contribution is 0.471. The fourth-order valence-electron chi connectivity index (χ4n) is 4.08. The monoisotopic (exact) mass is 374 g/mol. The van der Waals surface area contributed by atoms with E-state index in [1.165, 1.54) is 6.07 Å². The van der Waals surface area contributed by atoms with Crippen LogP contribution >= 0.6 is 0 Å². The van der Waals surface area contributed by atoms with Crippen LogP contribution < -0.4 is 5.43 Å². The molecular weight excluding hydrogens is 356 g/mol. The standard InChI is InChI=1S/C27H18O2/c28-24-16-15-22-23(17-25(24)29)27(19-11-5-2-6-12-19)21-14-8-7-13-20(21)26(22)18-9-3-1-4-10-18/h1-17H,(H,28,29). The molecule has 0 bridgehead atoms. The van der Waals surface area contributed by atoms with Gasteiger partial charge in [-0.15, -0.1) is 0 Å². The first-order chi connectivity index (χ1) is 14.2. The summed E-state index contributed by atoms with van der Waals surface area (Å²) in [6.45, 7) is 0. The Morgan fingerprint density at radius 1 is 0.483 bits per heavy atom. The minimum atomic E-state index is -0.383. The summed E-state index contributed by atoms with van der Waals surface area (Å²) in [5.74, 6) is -0.247. The molecule has 1 N–H and O–H groups in total. The summed E-state index contributed by atoms with van der Waals surface area (Å²) >= 11 is 0. The highest BCUT2D eigenvalue weighted by Crippen LogP contribution is 2.42. The Bertz CT molecular complexity index is 1410. The Morgan fingerprint density at radius 3 is 1.48 bits per heavy atom. The average Bonchev–Trinajstić information content (AvgIpc) is 2.91. The van der Waals surface area contributed by atoms with Gasteiger partial charge >= 0.3 is 0 Å². The molecule has 0 aromatic heterocycles. The molecule has 0 radical (unpaired) electrons. The minimum Gasteiger partial charge on any atom is -0.504 e. The van der Waals surface area contributed by atoms with E-state index in [1.54, 1.807) is 6.07 Å². The van der Waals surface area contributed by atoms with E-state index in [0.717, 1.165) is 43.8 Å². The molecule has 0 unspecified atom stereocenters. The van der Waals surface area contributed by atoms with Crippen molar-refractivity contribution in [2.24, 2.45) is 0 Å². The van der Waals surface area contributed by atoms with Crippen LogP contribution in [-0.4, -0.2) is 5.11 Å². The molecule has 0 aliphatic rings. The molecule has 0 saturated carbocycles. The molecule has 5 rings (SSSR count). The first-order valence-corrected chi connectivity index (χ1v) is 9.56. The van der Waals surface area contributed by atoms with Gasteiger partial charge in [0.05, 0.1) is 0 Å². The Labute approximate surface area is 168 Å². The Morgan fingerprint density at radius 2 is 0.931 bits per heavy atom. The normalized spacial score (nSPS) is 11.0. The van der Waals surface area contributed by atoms with Gasteiger partial charge in [-0.25, -0.2) is 0 Å². The lowest BCUT2D eigenvalue weighted by Crippen LogP contribution is -1.94. The number of fused-ring (bicyclic) bond motifs is 2. The maximum atomic E-state index is 12.6. The molecule has 0 amide bonds. The zero-order valence-electron chi connectivity index (χ0n) is 15.7. The summed E-state index contributed by atoms with van der Waals surface area (Å²) in [7, 11) is 0. The highest BCUT2D eigenvalue weighted by molar-refractivity contribution is 6.21. The van der Waals surface area contributed by atoms with E-state index in [2.05, 4.69) is 36.4 Å². The van der Waals surface area contributed by atoms with Crippen LogP contribution in [0.3, 0.4) is 0 Å². The third-order valence-corrected chi connectivity index (χ3v) is 5.36. The van der Waals surface area contributed by atoms with Gasteiger partial charge in [-0.05, 0) is 62.0 Å². The predicted molar refractivity (Wildman–Crippen MR) is 120 cm³/mol. The third kappa shape index (κ3) is 2.86. The molecular formula is C27H18O2. The van der Waals surface area contributed by atoms with Gasteiger partial charge in [0, 0.05) is 0 Å². The van der Waals surface area contributed by atoms with Gasteiger partial charge in [-0.1, -0.05) is 84.9 Å². The number of hydrogen-bond acceptors (Lipinski definition) is 2. The molecule has 0 aliphatic carbocycles. The van der Waals surface area contributed by atoms with E-state index in [4.69, 9.17) is 0 Å². The molecule has 2 nitrogen and oxygen atoms in total. The van der Waals surface area contributed by atoms with Crippen LogP contribution in [0.4, 0.5) is 0 Å². The van der Waals surface area contributed by atoms with Crippen LogP contribution in [0.2, 0.25) is 0 Å². The van der Waals surface area contributed by atoms with E-state index in [9.17, 15) is 9.90 Å². The van der Waals surface area contributed by atoms with Gasteiger partial charge in [0.25, 0.3) is 0 Å². The molecule has 2 heteroatoms. The molecule has 5 aromatic rings. The summed E-state index contributed by atoms with van der Waals surface area (Å²) in [5.41, 5.74) is 3.80.